The summed E-state index contributed by atoms with van der Waals surface area (Å²) in [6, 6.07) is 22.7. The maximum absolute atomic E-state index is 2.41. The van der Waals surface area contributed by atoms with Crippen LogP contribution in [0, 0.1) is 0 Å². The van der Waals surface area contributed by atoms with Gasteiger partial charge in [-0.2, -0.15) is 0 Å². The van der Waals surface area contributed by atoms with E-state index in [1.54, 1.807) is 0 Å². The van der Waals surface area contributed by atoms with Gasteiger partial charge >= 0.3 is 0 Å². The van der Waals surface area contributed by atoms with Crippen LogP contribution in [0.3, 0.4) is 0 Å². The summed E-state index contributed by atoms with van der Waals surface area (Å²) in [4.78, 5) is 0. The van der Waals surface area contributed by atoms with Crippen molar-refractivity contribution in [3.63, 3.8) is 0 Å². The van der Waals surface area contributed by atoms with Gasteiger partial charge in [-0.1, -0.05) is 96.1 Å². The summed E-state index contributed by atoms with van der Waals surface area (Å²) in [5.41, 5.74) is 3.07. The molecule has 0 aromatic heterocycles. The minimum absolute atomic E-state index is 0.109. The van der Waals surface area contributed by atoms with Crippen LogP contribution in [0.1, 0.15) is 52.7 Å². The molecule has 0 amide bonds. The molecule has 0 aliphatic heterocycles. The highest BCUT2D eigenvalue weighted by Gasteiger charge is 2.21. The SMILES string of the molecule is CC(C)(C)c1ccc2c3ccccc3c3c(C(C)(C)C)cccc3c2c1. The van der Waals surface area contributed by atoms with Crippen LogP contribution in [-0.2, 0) is 10.8 Å². The molecule has 0 bridgehead atoms. The maximum atomic E-state index is 2.41. The molecule has 0 aliphatic rings. The van der Waals surface area contributed by atoms with E-state index >= 15 is 0 Å². The Morgan fingerprint density at radius 3 is 1.73 bits per heavy atom. The van der Waals surface area contributed by atoms with Crippen LogP contribution in [0.15, 0.2) is 60.7 Å². The summed E-state index contributed by atoms with van der Waals surface area (Å²) < 4.78 is 0. The van der Waals surface area contributed by atoms with E-state index in [-0.39, 0.29) is 10.8 Å². The molecule has 0 saturated carbocycles. The van der Waals surface area contributed by atoms with Crippen molar-refractivity contribution in [2.24, 2.45) is 0 Å². The van der Waals surface area contributed by atoms with E-state index in [9.17, 15) is 0 Å². The van der Waals surface area contributed by atoms with Gasteiger partial charge in [-0.05, 0) is 60.3 Å². The van der Waals surface area contributed by atoms with Gasteiger partial charge in [0.15, 0.2) is 0 Å². The van der Waals surface area contributed by atoms with Crippen molar-refractivity contribution in [3.8, 4) is 0 Å². The number of fused-ring (bicyclic) bond motifs is 6. The number of benzene rings is 4. The normalized spacial score (nSPS) is 13.0. The van der Waals surface area contributed by atoms with Crippen molar-refractivity contribution in [2.75, 3.05) is 0 Å². The average molecular weight is 341 g/mol. The fourth-order valence-electron chi connectivity index (χ4n) is 4.10. The molecule has 0 fully saturated rings. The molecular weight excluding hydrogens is 312 g/mol. The van der Waals surface area contributed by atoms with E-state index in [4.69, 9.17) is 0 Å². The molecule has 4 aromatic rings. The largest absolute Gasteiger partial charge is 0.0616 e. The first-order valence-electron chi connectivity index (χ1n) is 9.56. The lowest BCUT2D eigenvalue weighted by Gasteiger charge is -2.24. The molecule has 0 saturated heterocycles. The van der Waals surface area contributed by atoms with Crippen molar-refractivity contribution in [3.05, 3.63) is 71.8 Å². The van der Waals surface area contributed by atoms with Gasteiger partial charge < -0.3 is 0 Å². The molecule has 0 heteroatoms. The lowest BCUT2D eigenvalue weighted by molar-refractivity contribution is 0.591. The monoisotopic (exact) mass is 340 g/mol. The Morgan fingerprint density at radius 2 is 1.08 bits per heavy atom. The fourth-order valence-corrected chi connectivity index (χ4v) is 4.10. The van der Waals surface area contributed by atoms with Crippen LogP contribution in [0.25, 0.3) is 32.3 Å². The first-order valence-corrected chi connectivity index (χ1v) is 9.56. The third kappa shape index (κ3) is 2.60. The van der Waals surface area contributed by atoms with Gasteiger partial charge in [0.05, 0.1) is 0 Å². The predicted octanol–water partition coefficient (Wildman–Crippen LogP) is 7.74. The summed E-state index contributed by atoms with van der Waals surface area (Å²) in [5, 5.41) is 8.23. The molecule has 0 radical (unpaired) electrons. The summed E-state index contributed by atoms with van der Waals surface area (Å²) in [5.74, 6) is 0. The molecule has 132 valence electrons. The Kier molecular flexibility index (Phi) is 3.67. The van der Waals surface area contributed by atoms with Gasteiger partial charge in [0, 0.05) is 0 Å². The van der Waals surface area contributed by atoms with E-state index in [1.807, 2.05) is 0 Å². The van der Waals surface area contributed by atoms with Gasteiger partial charge in [-0.3, -0.25) is 0 Å². The quantitative estimate of drug-likeness (QED) is 0.287. The van der Waals surface area contributed by atoms with Gasteiger partial charge in [-0.25, -0.2) is 0 Å². The fraction of sp³-hybridized carbons (Fsp3) is 0.308. The molecule has 26 heavy (non-hydrogen) atoms. The number of hydrogen-bond donors (Lipinski definition) is 0. The van der Waals surface area contributed by atoms with Crippen LogP contribution >= 0.6 is 0 Å². The number of hydrogen-bond acceptors (Lipinski definition) is 0. The highest BCUT2D eigenvalue weighted by atomic mass is 14.2. The second-order valence-corrected chi connectivity index (χ2v) is 9.53. The van der Waals surface area contributed by atoms with Crippen LogP contribution in [0.4, 0.5) is 0 Å². The lowest BCUT2D eigenvalue weighted by Crippen LogP contribution is -2.12. The Balaban J connectivity index is 2.30. The zero-order chi connectivity index (χ0) is 18.7. The summed E-state index contributed by atoms with van der Waals surface area (Å²) in [6.07, 6.45) is 0. The molecule has 0 nitrogen and oxygen atoms in total. The second kappa shape index (κ2) is 5.58. The molecule has 0 atom stereocenters. The predicted molar refractivity (Wildman–Crippen MR) is 116 cm³/mol. The van der Waals surface area contributed by atoms with Crippen LogP contribution < -0.4 is 0 Å². The van der Waals surface area contributed by atoms with Crippen LogP contribution in [-0.4, -0.2) is 0 Å². The van der Waals surface area contributed by atoms with Crippen molar-refractivity contribution in [1.29, 1.82) is 0 Å². The van der Waals surface area contributed by atoms with Gasteiger partial charge in [-0.15, -0.1) is 0 Å². The number of rotatable bonds is 0. The van der Waals surface area contributed by atoms with Crippen molar-refractivity contribution >= 4 is 32.3 Å². The molecular formula is C26H28. The molecule has 0 unspecified atom stereocenters. The molecule has 0 heterocycles. The third-order valence-electron chi connectivity index (χ3n) is 5.53. The van der Waals surface area contributed by atoms with Gasteiger partial charge in [0.25, 0.3) is 0 Å². The average Bonchev–Trinajstić information content (AvgIpc) is 2.59. The zero-order valence-electron chi connectivity index (χ0n) is 16.8. The van der Waals surface area contributed by atoms with Crippen molar-refractivity contribution < 1.29 is 0 Å². The highest BCUT2D eigenvalue weighted by Crippen LogP contribution is 2.41. The topological polar surface area (TPSA) is 0 Å². The lowest BCUT2D eigenvalue weighted by atomic mass is 9.80. The summed E-state index contributed by atoms with van der Waals surface area (Å²) >= 11 is 0. The molecule has 0 spiro atoms. The first-order chi connectivity index (χ1) is 12.2. The van der Waals surface area contributed by atoms with Crippen LogP contribution in [0.2, 0.25) is 0 Å². The molecule has 4 rings (SSSR count). The van der Waals surface area contributed by atoms with E-state index in [2.05, 4.69) is 102 Å². The Labute approximate surface area is 156 Å². The maximum Gasteiger partial charge on any atom is -0.00615 e. The minimum Gasteiger partial charge on any atom is -0.0616 e. The standard InChI is InChI=1S/C26H28/c1-25(2,3)17-14-15-19-18-10-7-8-11-20(18)24-21(22(19)16-17)12-9-13-23(24)26(4,5)6/h7-16H,1-6H3. The second-order valence-electron chi connectivity index (χ2n) is 9.53. The third-order valence-corrected chi connectivity index (χ3v) is 5.53. The first kappa shape index (κ1) is 17.1. The summed E-state index contributed by atoms with van der Waals surface area (Å²) in [7, 11) is 0. The van der Waals surface area contributed by atoms with E-state index in [1.165, 1.54) is 43.4 Å². The summed E-state index contributed by atoms with van der Waals surface area (Å²) in [6.45, 7) is 13.8. The van der Waals surface area contributed by atoms with Crippen molar-refractivity contribution in [1.82, 2.24) is 0 Å². The van der Waals surface area contributed by atoms with Crippen LogP contribution in [0.5, 0.6) is 0 Å². The van der Waals surface area contributed by atoms with Gasteiger partial charge in [0.1, 0.15) is 0 Å². The van der Waals surface area contributed by atoms with E-state index in [0.717, 1.165) is 0 Å². The highest BCUT2D eigenvalue weighted by molar-refractivity contribution is 6.26. The van der Waals surface area contributed by atoms with E-state index < -0.39 is 0 Å². The van der Waals surface area contributed by atoms with Crippen molar-refractivity contribution in [2.45, 2.75) is 52.4 Å². The minimum atomic E-state index is 0.109. The Bertz CT molecular complexity index is 1130. The zero-order valence-corrected chi connectivity index (χ0v) is 16.8. The molecule has 0 N–H and O–H groups in total. The molecule has 0 aliphatic carbocycles. The van der Waals surface area contributed by atoms with Gasteiger partial charge in [0.2, 0.25) is 0 Å². The smallest absolute Gasteiger partial charge is 0.00615 e. The Morgan fingerprint density at radius 1 is 0.500 bits per heavy atom. The van der Waals surface area contributed by atoms with E-state index in [0.29, 0.717) is 0 Å². The molecule has 4 aromatic carbocycles. The Hall–Kier alpha value is -2.34.